The summed E-state index contributed by atoms with van der Waals surface area (Å²) in [5.41, 5.74) is 0.868. The second-order valence-electron chi connectivity index (χ2n) is 7.36. The van der Waals surface area contributed by atoms with Crippen LogP contribution in [-0.4, -0.2) is 54.7 Å². The largest absolute Gasteiger partial charge is 0.348 e. The van der Waals surface area contributed by atoms with E-state index < -0.39 is 5.91 Å². The maximum absolute atomic E-state index is 13.1. The summed E-state index contributed by atoms with van der Waals surface area (Å²) in [5.74, 6) is 0.0850. The molecule has 1 aliphatic rings. The van der Waals surface area contributed by atoms with E-state index in [9.17, 15) is 14.4 Å². The molecule has 1 aromatic rings. The van der Waals surface area contributed by atoms with Crippen LogP contribution in [0.25, 0.3) is 0 Å². The molecule has 1 N–H and O–H groups in total. The van der Waals surface area contributed by atoms with Crippen molar-refractivity contribution < 1.29 is 14.4 Å². The number of hydrogen-bond donors (Lipinski definition) is 1. The zero-order valence-corrected chi connectivity index (χ0v) is 17.3. The standard InChI is InChI=1S/C19H26BrN3O3/c1-12-7-13(2)11-23(10-12)19(26)15-8-14(20)5-6-16(15)21-17(24)9-18(25)22(3)4/h5-6,8,12-13H,7,9-11H2,1-4H3,(H,21,24)/t12-,13+. The van der Waals surface area contributed by atoms with Crippen molar-refractivity contribution in [1.29, 1.82) is 0 Å². The Morgan fingerprint density at radius 3 is 2.38 bits per heavy atom. The van der Waals surface area contributed by atoms with E-state index in [1.165, 1.54) is 4.90 Å². The number of carbonyl (C=O) groups is 3. The fraction of sp³-hybridized carbons (Fsp3) is 0.526. The average molecular weight is 424 g/mol. The van der Waals surface area contributed by atoms with E-state index in [2.05, 4.69) is 35.1 Å². The number of benzene rings is 1. The Labute approximate surface area is 163 Å². The summed E-state index contributed by atoms with van der Waals surface area (Å²) in [6.07, 6.45) is 0.854. The van der Waals surface area contributed by atoms with E-state index in [0.29, 0.717) is 36.2 Å². The van der Waals surface area contributed by atoms with Gasteiger partial charge in [-0.05, 0) is 36.5 Å². The molecular weight excluding hydrogens is 398 g/mol. The van der Waals surface area contributed by atoms with Gasteiger partial charge in [0.2, 0.25) is 11.8 Å². The molecule has 6 nitrogen and oxygen atoms in total. The third kappa shape index (κ3) is 5.30. The first-order chi connectivity index (χ1) is 12.2. The van der Waals surface area contributed by atoms with Crippen molar-refractivity contribution in [3.63, 3.8) is 0 Å². The molecule has 0 radical (unpaired) electrons. The molecule has 1 fully saturated rings. The topological polar surface area (TPSA) is 69.7 Å². The molecule has 7 heteroatoms. The second kappa shape index (κ2) is 8.66. The number of amides is 3. The molecule has 2 atom stereocenters. The summed E-state index contributed by atoms with van der Waals surface area (Å²) in [5, 5.41) is 2.71. The SMILES string of the molecule is C[C@@H]1C[C@H](C)CN(C(=O)c2cc(Br)ccc2NC(=O)CC(=O)N(C)C)C1. The minimum absolute atomic E-state index is 0.0982. The molecule has 0 aromatic heterocycles. The molecule has 142 valence electrons. The van der Waals surface area contributed by atoms with Gasteiger partial charge in [0.1, 0.15) is 6.42 Å². The smallest absolute Gasteiger partial charge is 0.256 e. The third-order valence-corrected chi connectivity index (χ3v) is 4.95. The molecule has 0 spiro atoms. The maximum Gasteiger partial charge on any atom is 0.256 e. The van der Waals surface area contributed by atoms with Gasteiger partial charge in [-0.2, -0.15) is 0 Å². The number of anilines is 1. The minimum atomic E-state index is -0.430. The molecular formula is C19H26BrN3O3. The number of hydrogen-bond acceptors (Lipinski definition) is 3. The summed E-state index contributed by atoms with van der Waals surface area (Å²) < 4.78 is 0.765. The minimum Gasteiger partial charge on any atom is -0.348 e. The summed E-state index contributed by atoms with van der Waals surface area (Å²) in [6, 6.07) is 5.17. The number of likely N-dealkylation sites (tertiary alicyclic amines) is 1. The van der Waals surface area contributed by atoms with Gasteiger partial charge in [-0.3, -0.25) is 14.4 Å². The van der Waals surface area contributed by atoms with Crippen LogP contribution >= 0.6 is 15.9 Å². The van der Waals surface area contributed by atoms with E-state index >= 15 is 0 Å². The summed E-state index contributed by atoms with van der Waals surface area (Å²) in [6.45, 7) is 5.71. The van der Waals surface area contributed by atoms with Gasteiger partial charge in [0, 0.05) is 31.7 Å². The van der Waals surface area contributed by atoms with Crippen LogP contribution in [0.2, 0.25) is 0 Å². The fourth-order valence-corrected chi connectivity index (χ4v) is 3.65. The van der Waals surface area contributed by atoms with Crippen LogP contribution in [-0.2, 0) is 9.59 Å². The predicted octanol–water partition coefficient (Wildman–Crippen LogP) is 2.98. The summed E-state index contributed by atoms with van der Waals surface area (Å²) in [4.78, 5) is 40.2. The van der Waals surface area contributed by atoms with Gasteiger partial charge in [-0.25, -0.2) is 0 Å². The second-order valence-corrected chi connectivity index (χ2v) is 8.27. The Hall–Kier alpha value is -1.89. The third-order valence-electron chi connectivity index (χ3n) is 4.45. The van der Waals surface area contributed by atoms with Crippen molar-refractivity contribution in [1.82, 2.24) is 9.80 Å². The Morgan fingerprint density at radius 2 is 1.81 bits per heavy atom. The quantitative estimate of drug-likeness (QED) is 0.756. The summed E-state index contributed by atoms with van der Waals surface area (Å²) >= 11 is 3.39. The average Bonchev–Trinajstić information content (AvgIpc) is 2.54. The molecule has 1 aliphatic heterocycles. The zero-order valence-electron chi connectivity index (χ0n) is 15.7. The lowest BCUT2D eigenvalue weighted by Crippen LogP contribution is -2.42. The molecule has 1 saturated heterocycles. The molecule has 0 saturated carbocycles. The van der Waals surface area contributed by atoms with Crippen LogP contribution in [0, 0.1) is 11.8 Å². The Kier molecular flexibility index (Phi) is 6.81. The van der Waals surface area contributed by atoms with Gasteiger partial charge in [-0.15, -0.1) is 0 Å². The van der Waals surface area contributed by atoms with Crippen LogP contribution in [0.3, 0.4) is 0 Å². The first-order valence-corrected chi connectivity index (χ1v) is 9.55. The molecule has 0 aliphatic carbocycles. The highest BCUT2D eigenvalue weighted by Crippen LogP contribution is 2.27. The maximum atomic E-state index is 13.1. The van der Waals surface area contributed by atoms with Crippen molar-refractivity contribution in [3.8, 4) is 0 Å². The highest BCUT2D eigenvalue weighted by Gasteiger charge is 2.28. The van der Waals surface area contributed by atoms with E-state index in [-0.39, 0.29) is 18.2 Å². The van der Waals surface area contributed by atoms with Crippen LogP contribution in [0.1, 0.15) is 37.0 Å². The molecule has 0 bridgehead atoms. The van der Waals surface area contributed by atoms with Crippen LogP contribution in [0.15, 0.2) is 22.7 Å². The highest BCUT2D eigenvalue weighted by atomic mass is 79.9. The van der Waals surface area contributed by atoms with Gasteiger partial charge >= 0.3 is 0 Å². The number of rotatable bonds is 4. The summed E-state index contributed by atoms with van der Waals surface area (Å²) in [7, 11) is 3.20. The van der Waals surface area contributed by atoms with Crippen molar-refractivity contribution in [2.45, 2.75) is 26.7 Å². The molecule has 3 amide bonds. The number of nitrogens with one attached hydrogen (secondary N) is 1. The van der Waals surface area contributed by atoms with Crippen molar-refractivity contribution in [2.24, 2.45) is 11.8 Å². The van der Waals surface area contributed by atoms with Gasteiger partial charge in [0.05, 0.1) is 11.3 Å². The fourth-order valence-electron chi connectivity index (χ4n) is 3.29. The van der Waals surface area contributed by atoms with Gasteiger partial charge in [-0.1, -0.05) is 29.8 Å². The highest BCUT2D eigenvalue weighted by molar-refractivity contribution is 9.10. The van der Waals surface area contributed by atoms with Gasteiger partial charge in [0.15, 0.2) is 0 Å². The number of halogens is 1. The first-order valence-electron chi connectivity index (χ1n) is 8.76. The molecule has 1 aromatic carbocycles. The molecule has 1 heterocycles. The van der Waals surface area contributed by atoms with Crippen molar-refractivity contribution in [3.05, 3.63) is 28.2 Å². The lowest BCUT2D eigenvalue weighted by Gasteiger charge is -2.35. The van der Waals surface area contributed by atoms with Crippen molar-refractivity contribution >= 4 is 39.3 Å². The normalized spacial score (nSPS) is 19.8. The lowest BCUT2D eigenvalue weighted by atomic mass is 9.91. The zero-order chi connectivity index (χ0) is 19.4. The Morgan fingerprint density at radius 1 is 1.19 bits per heavy atom. The van der Waals surface area contributed by atoms with Crippen LogP contribution < -0.4 is 5.32 Å². The van der Waals surface area contributed by atoms with Gasteiger partial charge < -0.3 is 15.1 Å². The Balaban J connectivity index is 2.20. The molecule has 26 heavy (non-hydrogen) atoms. The van der Waals surface area contributed by atoms with Gasteiger partial charge in [0.25, 0.3) is 5.91 Å². The number of piperidine rings is 1. The van der Waals surface area contributed by atoms with E-state index in [1.54, 1.807) is 32.3 Å². The van der Waals surface area contributed by atoms with E-state index in [0.717, 1.165) is 10.9 Å². The van der Waals surface area contributed by atoms with E-state index in [1.807, 2.05) is 4.90 Å². The molecule has 2 rings (SSSR count). The monoisotopic (exact) mass is 423 g/mol. The number of nitrogens with zero attached hydrogens (tertiary/aromatic N) is 2. The van der Waals surface area contributed by atoms with Crippen molar-refractivity contribution in [2.75, 3.05) is 32.5 Å². The van der Waals surface area contributed by atoms with Crippen LogP contribution in [0.4, 0.5) is 5.69 Å². The first kappa shape index (κ1) is 20.4. The Bertz CT molecular complexity index is 695. The predicted molar refractivity (Wildman–Crippen MR) is 105 cm³/mol. The number of carbonyl (C=O) groups excluding carboxylic acids is 3. The lowest BCUT2D eigenvalue weighted by molar-refractivity contribution is -0.132. The molecule has 0 unspecified atom stereocenters. The van der Waals surface area contributed by atoms with E-state index in [4.69, 9.17) is 0 Å². The van der Waals surface area contributed by atoms with Crippen LogP contribution in [0.5, 0.6) is 0 Å².